The number of nitrogens with zero attached hydrogens (tertiary/aromatic N) is 3. The van der Waals surface area contributed by atoms with E-state index >= 15 is 0 Å². The van der Waals surface area contributed by atoms with Crippen LogP contribution in [0.4, 0.5) is 10.8 Å². The van der Waals surface area contributed by atoms with Gasteiger partial charge < -0.3 is 0 Å². The van der Waals surface area contributed by atoms with Gasteiger partial charge in [-0.15, -0.1) is 11.3 Å². The zero-order valence-electron chi connectivity index (χ0n) is 12.9. The lowest BCUT2D eigenvalue weighted by Crippen LogP contribution is -2.29. The largest absolute Gasteiger partial charge is 0.298 e. The Labute approximate surface area is 147 Å². The third kappa shape index (κ3) is 3.40. The summed E-state index contributed by atoms with van der Waals surface area (Å²) in [7, 11) is 0. The van der Waals surface area contributed by atoms with Crippen molar-refractivity contribution in [1.29, 1.82) is 0 Å². The minimum Gasteiger partial charge on any atom is -0.298 e. The molecule has 3 rings (SSSR count). The molecule has 0 unspecified atom stereocenters. The molecule has 24 heavy (non-hydrogen) atoms. The van der Waals surface area contributed by atoms with Crippen LogP contribution < -0.4 is 5.32 Å². The Morgan fingerprint density at radius 1 is 1.54 bits per heavy atom. The molecule has 0 saturated carbocycles. The van der Waals surface area contributed by atoms with Gasteiger partial charge in [0.2, 0.25) is 0 Å². The number of hydrogen-bond acceptors (Lipinski definition) is 6. The van der Waals surface area contributed by atoms with E-state index in [9.17, 15) is 14.9 Å². The highest BCUT2D eigenvalue weighted by molar-refractivity contribution is 7.15. The zero-order valence-corrected chi connectivity index (χ0v) is 14.5. The number of likely N-dealkylation sites (N-methyl/N-ethyl adjacent to an activating group) is 1. The molecule has 7 nitrogen and oxygen atoms in total. The Hall–Kier alpha value is -2.03. The SMILES string of the molecule is CCN1CCc2nc(NC(=O)c3ccc([N+](=O)[O-])cc3Cl)sc2C1. The molecule has 0 saturated heterocycles. The van der Waals surface area contributed by atoms with Gasteiger partial charge >= 0.3 is 0 Å². The molecular weight excluding hydrogens is 352 g/mol. The Morgan fingerprint density at radius 3 is 3.00 bits per heavy atom. The van der Waals surface area contributed by atoms with Crippen LogP contribution in [0.2, 0.25) is 5.02 Å². The summed E-state index contributed by atoms with van der Waals surface area (Å²) >= 11 is 7.44. The standard InChI is InChI=1S/C15H15ClN4O3S/c1-2-19-6-5-12-13(8-19)24-15(17-12)18-14(21)10-4-3-9(20(22)23)7-11(10)16/h3-4,7H,2,5-6,8H2,1H3,(H,17,18,21). The van der Waals surface area contributed by atoms with Gasteiger partial charge in [0.25, 0.3) is 11.6 Å². The third-order valence-electron chi connectivity index (χ3n) is 3.89. The number of hydrogen-bond donors (Lipinski definition) is 1. The molecule has 9 heteroatoms. The van der Waals surface area contributed by atoms with Gasteiger partial charge in [0.1, 0.15) is 0 Å². The number of benzene rings is 1. The van der Waals surface area contributed by atoms with Gasteiger partial charge in [-0.3, -0.25) is 25.1 Å². The van der Waals surface area contributed by atoms with Crippen molar-refractivity contribution in [2.24, 2.45) is 0 Å². The molecular formula is C15H15ClN4O3S. The zero-order chi connectivity index (χ0) is 17.3. The van der Waals surface area contributed by atoms with Crippen LogP contribution in [0.15, 0.2) is 18.2 Å². The molecule has 0 fully saturated rings. The Morgan fingerprint density at radius 2 is 2.33 bits per heavy atom. The summed E-state index contributed by atoms with van der Waals surface area (Å²) in [5, 5.41) is 14.0. The number of amides is 1. The fourth-order valence-electron chi connectivity index (χ4n) is 2.54. The molecule has 0 bridgehead atoms. The van der Waals surface area contributed by atoms with Gasteiger partial charge in [0, 0.05) is 36.5 Å². The van der Waals surface area contributed by atoms with E-state index < -0.39 is 10.8 Å². The van der Waals surface area contributed by atoms with E-state index in [4.69, 9.17) is 11.6 Å². The number of carbonyl (C=O) groups is 1. The number of rotatable bonds is 4. The van der Waals surface area contributed by atoms with E-state index in [1.807, 2.05) is 0 Å². The van der Waals surface area contributed by atoms with Gasteiger partial charge in [-0.05, 0) is 12.6 Å². The van der Waals surface area contributed by atoms with Crippen LogP contribution in [-0.4, -0.2) is 33.8 Å². The summed E-state index contributed by atoms with van der Waals surface area (Å²) in [6, 6.07) is 3.78. The predicted molar refractivity (Wildman–Crippen MR) is 92.8 cm³/mol. The Balaban J connectivity index is 1.76. The van der Waals surface area contributed by atoms with E-state index in [0.29, 0.717) is 5.13 Å². The monoisotopic (exact) mass is 366 g/mol. The molecule has 1 N–H and O–H groups in total. The smallest absolute Gasteiger partial charge is 0.270 e. The van der Waals surface area contributed by atoms with Crippen LogP contribution in [0.5, 0.6) is 0 Å². The minimum absolute atomic E-state index is 0.0418. The second-order valence-corrected chi connectivity index (χ2v) is 6.87. The molecule has 1 amide bonds. The van der Waals surface area contributed by atoms with E-state index in [2.05, 4.69) is 22.1 Å². The Kier molecular flexibility index (Phi) is 4.79. The second kappa shape index (κ2) is 6.84. The lowest BCUT2D eigenvalue weighted by atomic mass is 10.2. The Bertz CT molecular complexity index is 808. The van der Waals surface area contributed by atoms with Gasteiger partial charge in [0.15, 0.2) is 5.13 Å². The normalized spacial score (nSPS) is 14.2. The maximum atomic E-state index is 12.3. The number of non-ortho nitro benzene ring substituents is 1. The molecule has 1 aliphatic heterocycles. The molecule has 1 aromatic carbocycles. The fourth-order valence-corrected chi connectivity index (χ4v) is 3.84. The summed E-state index contributed by atoms with van der Waals surface area (Å²) < 4.78 is 0. The van der Waals surface area contributed by atoms with Crippen LogP contribution in [0, 0.1) is 10.1 Å². The average Bonchev–Trinajstić information content (AvgIpc) is 2.95. The van der Waals surface area contributed by atoms with Gasteiger partial charge in [0.05, 0.1) is 21.2 Å². The van der Waals surface area contributed by atoms with E-state index in [0.717, 1.165) is 36.6 Å². The molecule has 0 radical (unpaired) electrons. The van der Waals surface area contributed by atoms with Crippen molar-refractivity contribution in [3.05, 3.63) is 49.5 Å². The molecule has 0 aliphatic carbocycles. The topological polar surface area (TPSA) is 88.4 Å². The number of nitro benzene ring substituents is 1. The molecule has 0 spiro atoms. The molecule has 0 atom stereocenters. The van der Waals surface area contributed by atoms with Crippen LogP contribution in [0.1, 0.15) is 27.9 Å². The van der Waals surface area contributed by atoms with E-state index in [1.165, 1.54) is 29.5 Å². The lowest BCUT2D eigenvalue weighted by Gasteiger charge is -2.23. The number of anilines is 1. The highest BCUT2D eigenvalue weighted by Gasteiger charge is 2.21. The fraction of sp³-hybridized carbons (Fsp3) is 0.333. The highest BCUT2D eigenvalue weighted by Crippen LogP contribution is 2.29. The number of nitrogens with one attached hydrogen (secondary N) is 1. The first-order chi connectivity index (χ1) is 11.5. The number of aromatic nitrogens is 1. The van der Waals surface area contributed by atoms with Crippen LogP contribution in [0.3, 0.4) is 0 Å². The van der Waals surface area contributed by atoms with Crippen molar-refractivity contribution in [2.45, 2.75) is 19.9 Å². The molecule has 1 aromatic heterocycles. The van der Waals surface area contributed by atoms with Crippen LogP contribution >= 0.6 is 22.9 Å². The first-order valence-electron chi connectivity index (χ1n) is 7.44. The summed E-state index contributed by atoms with van der Waals surface area (Å²) in [6.45, 7) is 4.91. The van der Waals surface area contributed by atoms with Gasteiger partial charge in [-0.25, -0.2) is 4.98 Å². The summed E-state index contributed by atoms with van der Waals surface area (Å²) in [5.74, 6) is -0.423. The van der Waals surface area contributed by atoms with E-state index in [1.54, 1.807) is 0 Å². The number of fused-ring (bicyclic) bond motifs is 1. The molecule has 1 aliphatic rings. The lowest BCUT2D eigenvalue weighted by molar-refractivity contribution is -0.384. The summed E-state index contributed by atoms with van der Waals surface area (Å²) in [4.78, 5) is 30.5. The van der Waals surface area contributed by atoms with Gasteiger partial charge in [-0.1, -0.05) is 18.5 Å². The molecule has 2 heterocycles. The minimum atomic E-state index is -0.554. The quantitative estimate of drug-likeness (QED) is 0.662. The maximum Gasteiger partial charge on any atom is 0.270 e. The van der Waals surface area contributed by atoms with Crippen LogP contribution in [0.25, 0.3) is 0 Å². The number of carbonyl (C=O) groups excluding carboxylic acids is 1. The summed E-state index contributed by atoms with van der Waals surface area (Å²) in [6.07, 6.45) is 0.869. The van der Waals surface area contributed by atoms with Crippen molar-refractivity contribution < 1.29 is 9.72 Å². The predicted octanol–water partition coefficient (Wildman–Crippen LogP) is 3.34. The first kappa shape index (κ1) is 16.8. The molecule has 2 aromatic rings. The first-order valence-corrected chi connectivity index (χ1v) is 8.63. The number of halogens is 1. The molecule has 126 valence electrons. The van der Waals surface area contributed by atoms with Crippen molar-refractivity contribution >= 4 is 39.7 Å². The van der Waals surface area contributed by atoms with E-state index in [-0.39, 0.29) is 16.3 Å². The number of thiazole rings is 1. The third-order valence-corrected chi connectivity index (χ3v) is 5.20. The van der Waals surface area contributed by atoms with Crippen molar-refractivity contribution in [2.75, 3.05) is 18.4 Å². The van der Waals surface area contributed by atoms with Crippen molar-refractivity contribution in [3.8, 4) is 0 Å². The average molecular weight is 367 g/mol. The summed E-state index contributed by atoms with van der Waals surface area (Å²) in [5.41, 5.74) is 1.06. The second-order valence-electron chi connectivity index (χ2n) is 5.38. The van der Waals surface area contributed by atoms with Crippen molar-refractivity contribution in [3.63, 3.8) is 0 Å². The van der Waals surface area contributed by atoms with Crippen LogP contribution in [-0.2, 0) is 13.0 Å². The highest BCUT2D eigenvalue weighted by atomic mass is 35.5. The number of nitro groups is 1. The van der Waals surface area contributed by atoms with Gasteiger partial charge in [-0.2, -0.15) is 0 Å². The van der Waals surface area contributed by atoms with Crippen molar-refractivity contribution in [1.82, 2.24) is 9.88 Å². The maximum absolute atomic E-state index is 12.3.